The minimum Gasteiger partial charge on any atom is -0.325 e. The fourth-order valence-corrected chi connectivity index (χ4v) is 3.91. The van der Waals surface area contributed by atoms with Crippen molar-refractivity contribution in [3.8, 4) is 0 Å². The van der Waals surface area contributed by atoms with Gasteiger partial charge in [-0.2, -0.15) is 0 Å². The highest BCUT2D eigenvalue weighted by atomic mass is 35.5. The first kappa shape index (κ1) is 15.4. The molecule has 8 heteroatoms. The van der Waals surface area contributed by atoms with Crippen LogP contribution in [-0.4, -0.2) is 26.0 Å². The number of carbonyl (C=O) groups is 1. The molecule has 0 saturated carbocycles. The predicted octanol–water partition coefficient (Wildman–Crippen LogP) is 2.45. The molecule has 0 aliphatic carbocycles. The smallest absolute Gasteiger partial charge is 0.233 e. The molecule has 1 aromatic carbocycles. The highest BCUT2D eigenvalue weighted by molar-refractivity contribution is 7.92. The van der Waals surface area contributed by atoms with Gasteiger partial charge in [0.1, 0.15) is 0 Å². The van der Waals surface area contributed by atoms with E-state index in [0.717, 1.165) is 5.56 Å². The van der Waals surface area contributed by atoms with Crippen molar-refractivity contribution in [2.75, 3.05) is 21.7 Å². The van der Waals surface area contributed by atoms with Crippen LogP contribution in [0.3, 0.4) is 0 Å². The van der Waals surface area contributed by atoms with Crippen molar-refractivity contribution in [3.05, 3.63) is 22.7 Å². The summed E-state index contributed by atoms with van der Waals surface area (Å²) >= 11 is 11.6. The number of sulfonamides is 1. The molecule has 0 radical (unpaired) electrons. The lowest BCUT2D eigenvalue weighted by Gasteiger charge is -2.13. The summed E-state index contributed by atoms with van der Waals surface area (Å²) in [4.78, 5) is 11.3. The van der Waals surface area contributed by atoms with E-state index in [1.807, 2.05) is 0 Å². The Morgan fingerprint density at radius 1 is 1.45 bits per heavy atom. The van der Waals surface area contributed by atoms with E-state index in [0.29, 0.717) is 5.69 Å². The summed E-state index contributed by atoms with van der Waals surface area (Å²) in [5.74, 6) is -0.115. The first-order chi connectivity index (χ1) is 9.30. The number of fused-ring (bicyclic) bond motifs is 1. The highest BCUT2D eigenvalue weighted by Crippen LogP contribution is 2.33. The van der Waals surface area contributed by atoms with Crippen molar-refractivity contribution in [2.24, 2.45) is 5.92 Å². The number of benzene rings is 1. The monoisotopic (exact) mass is 336 g/mol. The first-order valence-electron chi connectivity index (χ1n) is 5.99. The molecule has 0 fully saturated rings. The summed E-state index contributed by atoms with van der Waals surface area (Å²) in [6.45, 7) is 1.75. The zero-order chi connectivity index (χ0) is 14.9. The molecule has 110 valence electrons. The molecule has 2 rings (SSSR count). The van der Waals surface area contributed by atoms with Gasteiger partial charge in [-0.15, -0.1) is 11.6 Å². The molecular formula is C12H14Cl2N2O3S. The fourth-order valence-electron chi connectivity index (χ4n) is 1.95. The molecule has 1 amide bonds. The summed E-state index contributed by atoms with van der Waals surface area (Å²) in [7, 11) is -3.52. The fraction of sp³-hybridized carbons (Fsp3) is 0.417. The molecule has 2 N–H and O–H groups in total. The van der Waals surface area contributed by atoms with Crippen LogP contribution in [0.1, 0.15) is 12.5 Å². The van der Waals surface area contributed by atoms with E-state index in [4.69, 9.17) is 23.2 Å². The van der Waals surface area contributed by atoms with Crippen molar-refractivity contribution >= 4 is 50.5 Å². The molecule has 1 aliphatic heterocycles. The maximum Gasteiger partial charge on any atom is 0.233 e. The van der Waals surface area contributed by atoms with Gasteiger partial charge < -0.3 is 5.32 Å². The Balaban J connectivity index is 2.22. The quantitative estimate of drug-likeness (QED) is 0.811. The Labute approximate surface area is 127 Å². The summed E-state index contributed by atoms with van der Waals surface area (Å²) < 4.78 is 26.4. The average Bonchev–Trinajstić information content (AvgIpc) is 2.67. The van der Waals surface area contributed by atoms with Crippen LogP contribution >= 0.6 is 23.2 Å². The molecule has 0 saturated heterocycles. The van der Waals surface area contributed by atoms with Crippen molar-refractivity contribution in [3.63, 3.8) is 0 Å². The first-order valence-corrected chi connectivity index (χ1v) is 8.56. The van der Waals surface area contributed by atoms with Crippen molar-refractivity contribution in [1.29, 1.82) is 0 Å². The Morgan fingerprint density at radius 2 is 2.15 bits per heavy atom. The molecule has 0 spiro atoms. The lowest BCUT2D eigenvalue weighted by atomic mass is 10.1. The van der Waals surface area contributed by atoms with Gasteiger partial charge in [0, 0.05) is 11.6 Å². The Morgan fingerprint density at radius 3 is 2.80 bits per heavy atom. The minimum atomic E-state index is -3.52. The molecule has 1 heterocycles. The number of halogens is 2. The van der Waals surface area contributed by atoms with Crippen molar-refractivity contribution in [2.45, 2.75) is 13.3 Å². The van der Waals surface area contributed by atoms with Gasteiger partial charge in [-0.05, 0) is 23.6 Å². The SMILES string of the molecule is CC(CCl)CS(=O)(=O)Nc1cc2c(cc1Cl)NC(=O)C2. The van der Waals surface area contributed by atoms with Gasteiger partial charge in [0.15, 0.2) is 0 Å². The van der Waals surface area contributed by atoms with Crippen LogP contribution < -0.4 is 10.0 Å². The third-order valence-electron chi connectivity index (χ3n) is 2.85. The lowest BCUT2D eigenvalue weighted by Crippen LogP contribution is -2.22. The molecule has 0 aromatic heterocycles. The van der Waals surface area contributed by atoms with Crippen LogP contribution in [-0.2, 0) is 21.2 Å². The summed E-state index contributed by atoms with van der Waals surface area (Å²) in [6.07, 6.45) is 0.222. The van der Waals surface area contributed by atoms with E-state index >= 15 is 0 Å². The maximum absolute atomic E-state index is 12.0. The molecule has 0 bridgehead atoms. The normalized spacial score (nSPS) is 15.7. The second-order valence-electron chi connectivity index (χ2n) is 4.86. The van der Waals surface area contributed by atoms with Gasteiger partial charge in [-0.3, -0.25) is 9.52 Å². The average molecular weight is 337 g/mol. The molecule has 1 atom stereocenters. The van der Waals surface area contributed by atoms with E-state index in [-0.39, 0.29) is 40.6 Å². The van der Waals surface area contributed by atoms with Crippen molar-refractivity contribution < 1.29 is 13.2 Å². The highest BCUT2D eigenvalue weighted by Gasteiger charge is 2.22. The maximum atomic E-state index is 12.0. The number of carbonyl (C=O) groups excluding carboxylic acids is 1. The van der Waals surface area contributed by atoms with Gasteiger partial charge in [0.2, 0.25) is 15.9 Å². The number of anilines is 2. The zero-order valence-corrected chi connectivity index (χ0v) is 13.1. The molecule has 20 heavy (non-hydrogen) atoms. The second-order valence-corrected chi connectivity index (χ2v) is 7.34. The van der Waals surface area contributed by atoms with Crippen LogP contribution in [0.15, 0.2) is 12.1 Å². The predicted molar refractivity (Wildman–Crippen MR) is 81.1 cm³/mol. The second kappa shape index (κ2) is 5.79. The third kappa shape index (κ3) is 3.56. The lowest BCUT2D eigenvalue weighted by molar-refractivity contribution is -0.115. The van der Waals surface area contributed by atoms with Gasteiger partial charge >= 0.3 is 0 Å². The molecule has 1 aliphatic rings. The van der Waals surface area contributed by atoms with E-state index in [1.54, 1.807) is 19.1 Å². The number of hydrogen-bond acceptors (Lipinski definition) is 3. The minimum absolute atomic E-state index is 0.0822. The summed E-state index contributed by atoms with van der Waals surface area (Å²) in [5.41, 5.74) is 1.63. The van der Waals surface area contributed by atoms with Crippen LogP contribution in [0.25, 0.3) is 0 Å². The number of nitrogens with one attached hydrogen (secondary N) is 2. The van der Waals surface area contributed by atoms with Crippen LogP contribution in [0, 0.1) is 5.92 Å². The Hall–Kier alpha value is -0.980. The van der Waals surface area contributed by atoms with Gasteiger partial charge in [0.05, 0.1) is 22.9 Å². The number of alkyl halides is 1. The van der Waals surface area contributed by atoms with E-state index < -0.39 is 10.0 Å². The largest absolute Gasteiger partial charge is 0.325 e. The molecular weight excluding hydrogens is 323 g/mol. The standard InChI is InChI=1S/C12H14Cl2N2O3S/c1-7(5-13)6-20(18,19)16-11-2-8-3-12(17)15-10(8)4-9(11)14/h2,4,7,16H,3,5-6H2,1H3,(H,15,17). The van der Waals surface area contributed by atoms with Crippen LogP contribution in [0.4, 0.5) is 11.4 Å². The number of rotatable bonds is 5. The van der Waals surface area contributed by atoms with Gasteiger partial charge in [-0.1, -0.05) is 18.5 Å². The Bertz CT molecular complexity index is 646. The Kier molecular flexibility index (Phi) is 4.46. The summed E-state index contributed by atoms with van der Waals surface area (Å²) in [5, 5.41) is 2.90. The van der Waals surface area contributed by atoms with Crippen LogP contribution in [0.2, 0.25) is 5.02 Å². The zero-order valence-electron chi connectivity index (χ0n) is 10.7. The number of hydrogen-bond donors (Lipinski definition) is 2. The van der Waals surface area contributed by atoms with E-state index in [9.17, 15) is 13.2 Å². The molecule has 1 aromatic rings. The number of amides is 1. The van der Waals surface area contributed by atoms with Crippen molar-refractivity contribution in [1.82, 2.24) is 0 Å². The molecule has 5 nitrogen and oxygen atoms in total. The van der Waals surface area contributed by atoms with Gasteiger partial charge in [0.25, 0.3) is 0 Å². The third-order valence-corrected chi connectivity index (χ3v) is 5.23. The summed E-state index contributed by atoms with van der Waals surface area (Å²) in [6, 6.07) is 3.13. The van der Waals surface area contributed by atoms with E-state index in [2.05, 4.69) is 10.0 Å². The van der Waals surface area contributed by atoms with E-state index in [1.165, 1.54) is 0 Å². The van der Waals surface area contributed by atoms with Crippen LogP contribution in [0.5, 0.6) is 0 Å². The molecule has 1 unspecified atom stereocenters. The van der Waals surface area contributed by atoms with Gasteiger partial charge in [-0.25, -0.2) is 8.42 Å². The topological polar surface area (TPSA) is 75.3 Å².